The lowest BCUT2D eigenvalue weighted by Crippen LogP contribution is -2.17. The van der Waals surface area contributed by atoms with E-state index in [0.717, 1.165) is 0 Å². The summed E-state index contributed by atoms with van der Waals surface area (Å²) in [4.78, 5) is 23.0. The smallest absolute Gasteiger partial charge is 0.349 e. The maximum atomic E-state index is 13.0. The Morgan fingerprint density at radius 2 is 1.92 bits per heavy atom. The molecule has 0 bridgehead atoms. The molecular weight excluding hydrogens is 383 g/mol. The molecule has 0 aliphatic heterocycles. The Morgan fingerprint density at radius 3 is 2.71 bits per heavy atom. The van der Waals surface area contributed by atoms with Crippen LogP contribution in [0.2, 0.25) is 0 Å². The normalized spacial score (nSPS) is 10.6. The molecule has 1 heterocycles. The van der Waals surface area contributed by atoms with Gasteiger partial charge in [-0.25, -0.2) is 14.0 Å². The van der Waals surface area contributed by atoms with Crippen LogP contribution in [-0.4, -0.2) is 12.6 Å². The van der Waals surface area contributed by atoms with E-state index in [2.05, 4.69) is 15.9 Å². The topological polar surface area (TPSA) is 65.7 Å². The number of carbonyl (C=O) groups is 1. The highest BCUT2D eigenvalue weighted by molar-refractivity contribution is 9.10. The first-order valence-corrected chi connectivity index (χ1v) is 7.63. The molecule has 0 fully saturated rings. The number of halogens is 2. The zero-order valence-electron chi connectivity index (χ0n) is 12.1. The van der Waals surface area contributed by atoms with Gasteiger partial charge in [-0.1, -0.05) is 0 Å². The van der Waals surface area contributed by atoms with E-state index in [1.807, 2.05) is 0 Å². The van der Waals surface area contributed by atoms with E-state index in [9.17, 15) is 14.0 Å². The second kappa shape index (κ2) is 6.84. The lowest BCUT2D eigenvalue weighted by molar-refractivity contribution is -0.136. The number of ether oxygens (including phenoxy) is 2. The average molecular weight is 393 g/mol. The Bertz CT molecular complexity index is 967. The molecule has 0 saturated heterocycles. The molecule has 0 aliphatic rings. The number of rotatable bonds is 4. The number of hydrogen-bond acceptors (Lipinski definition) is 5. The van der Waals surface area contributed by atoms with Crippen molar-refractivity contribution in [3.8, 4) is 11.5 Å². The third-order valence-corrected chi connectivity index (χ3v) is 3.69. The first kappa shape index (κ1) is 16.2. The molecule has 24 heavy (non-hydrogen) atoms. The Balaban J connectivity index is 1.67. The number of esters is 1. The van der Waals surface area contributed by atoms with E-state index >= 15 is 0 Å². The van der Waals surface area contributed by atoms with Gasteiger partial charge in [0, 0.05) is 17.5 Å². The van der Waals surface area contributed by atoms with Crippen LogP contribution in [-0.2, 0) is 4.79 Å². The molecule has 1 aromatic heterocycles. The van der Waals surface area contributed by atoms with Crippen molar-refractivity contribution in [1.29, 1.82) is 0 Å². The third-order valence-electron chi connectivity index (χ3n) is 3.07. The number of fused-ring (bicyclic) bond motifs is 1. The van der Waals surface area contributed by atoms with Crippen LogP contribution in [0.15, 0.2) is 62.2 Å². The lowest BCUT2D eigenvalue weighted by atomic mass is 10.2. The quantitative estimate of drug-likeness (QED) is 0.385. The summed E-state index contributed by atoms with van der Waals surface area (Å²) in [6, 6.07) is 11.5. The summed E-state index contributed by atoms with van der Waals surface area (Å²) in [5, 5.41) is 0.709. The maximum Gasteiger partial charge on any atom is 0.349 e. The summed E-state index contributed by atoms with van der Waals surface area (Å²) in [6.45, 7) is -0.360. The highest BCUT2D eigenvalue weighted by Gasteiger charge is 2.10. The van der Waals surface area contributed by atoms with Crippen molar-refractivity contribution in [3.63, 3.8) is 0 Å². The van der Waals surface area contributed by atoms with E-state index in [1.54, 1.807) is 18.2 Å². The second-order valence-corrected chi connectivity index (χ2v) is 5.65. The van der Waals surface area contributed by atoms with Crippen LogP contribution >= 0.6 is 15.9 Å². The molecule has 0 radical (unpaired) electrons. The minimum Gasteiger partial charge on any atom is -0.481 e. The Kier molecular flexibility index (Phi) is 4.61. The fourth-order valence-electron chi connectivity index (χ4n) is 1.99. The van der Waals surface area contributed by atoms with E-state index in [1.165, 1.54) is 30.3 Å². The Labute approximate surface area is 143 Å². The van der Waals surface area contributed by atoms with Crippen LogP contribution < -0.4 is 15.1 Å². The standard InChI is InChI=1S/C17H10BrFO5/c18-13-7-11(19)3-5-14(13)22-9-17(21)23-12-4-1-10-2-6-16(20)24-15(10)8-12/h1-8H,9H2. The van der Waals surface area contributed by atoms with Gasteiger partial charge in [0.25, 0.3) is 0 Å². The zero-order chi connectivity index (χ0) is 17.1. The lowest BCUT2D eigenvalue weighted by Gasteiger charge is -2.08. The van der Waals surface area contributed by atoms with Crippen LogP contribution in [0, 0.1) is 5.82 Å². The predicted molar refractivity (Wildman–Crippen MR) is 87.7 cm³/mol. The molecule has 0 aliphatic carbocycles. The Morgan fingerprint density at radius 1 is 1.12 bits per heavy atom. The zero-order valence-corrected chi connectivity index (χ0v) is 13.7. The molecule has 5 nitrogen and oxygen atoms in total. The summed E-state index contributed by atoms with van der Waals surface area (Å²) < 4.78 is 28.8. The van der Waals surface area contributed by atoms with Crippen molar-refractivity contribution in [1.82, 2.24) is 0 Å². The summed E-state index contributed by atoms with van der Waals surface area (Å²) in [7, 11) is 0. The van der Waals surface area contributed by atoms with E-state index in [0.29, 0.717) is 21.2 Å². The van der Waals surface area contributed by atoms with Crippen molar-refractivity contribution in [2.24, 2.45) is 0 Å². The number of hydrogen-bond donors (Lipinski definition) is 0. The van der Waals surface area contributed by atoms with Gasteiger partial charge in [-0.05, 0) is 52.3 Å². The van der Waals surface area contributed by atoms with Crippen LogP contribution in [0.25, 0.3) is 11.0 Å². The first-order valence-electron chi connectivity index (χ1n) is 6.84. The molecule has 3 aromatic rings. The molecule has 0 saturated carbocycles. The maximum absolute atomic E-state index is 13.0. The van der Waals surface area contributed by atoms with E-state index < -0.39 is 17.4 Å². The van der Waals surface area contributed by atoms with E-state index in [-0.39, 0.29) is 12.4 Å². The van der Waals surface area contributed by atoms with E-state index in [4.69, 9.17) is 13.9 Å². The molecule has 3 rings (SSSR count). The SMILES string of the molecule is O=C(COc1ccc(F)cc1Br)Oc1ccc2ccc(=O)oc2c1. The third kappa shape index (κ3) is 3.80. The van der Waals surface area contributed by atoms with Gasteiger partial charge < -0.3 is 13.9 Å². The highest BCUT2D eigenvalue weighted by atomic mass is 79.9. The van der Waals surface area contributed by atoms with Crippen molar-refractivity contribution in [2.45, 2.75) is 0 Å². The van der Waals surface area contributed by atoms with Gasteiger partial charge in [-0.15, -0.1) is 0 Å². The van der Waals surface area contributed by atoms with Gasteiger partial charge in [0.2, 0.25) is 0 Å². The molecular formula is C17H10BrFO5. The molecule has 0 unspecified atom stereocenters. The van der Waals surface area contributed by atoms with Crippen LogP contribution in [0.3, 0.4) is 0 Å². The minimum atomic E-state index is -0.649. The second-order valence-electron chi connectivity index (χ2n) is 4.79. The molecule has 0 atom stereocenters. The monoisotopic (exact) mass is 392 g/mol. The largest absolute Gasteiger partial charge is 0.481 e. The summed E-state index contributed by atoms with van der Waals surface area (Å²) in [5.41, 5.74) is -0.175. The van der Waals surface area contributed by atoms with Crippen molar-refractivity contribution in [3.05, 3.63) is 69.2 Å². The van der Waals surface area contributed by atoms with Gasteiger partial charge in [0.15, 0.2) is 6.61 Å². The van der Waals surface area contributed by atoms with Gasteiger partial charge in [0.05, 0.1) is 4.47 Å². The molecule has 2 aromatic carbocycles. The van der Waals surface area contributed by atoms with Crippen molar-refractivity contribution >= 4 is 32.9 Å². The number of benzene rings is 2. The molecule has 0 N–H and O–H groups in total. The average Bonchev–Trinajstić information content (AvgIpc) is 2.53. The van der Waals surface area contributed by atoms with Gasteiger partial charge in [-0.2, -0.15) is 0 Å². The summed E-state index contributed by atoms with van der Waals surface area (Å²) >= 11 is 3.14. The van der Waals surface area contributed by atoms with Crippen molar-refractivity contribution < 1.29 is 23.1 Å². The Hall–Kier alpha value is -2.67. The predicted octanol–water partition coefficient (Wildman–Crippen LogP) is 3.68. The minimum absolute atomic E-state index is 0.226. The first-order chi connectivity index (χ1) is 11.5. The van der Waals surface area contributed by atoms with Gasteiger partial charge >= 0.3 is 11.6 Å². The van der Waals surface area contributed by atoms with Crippen LogP contribution in [0.5, 0.6) is 11.5 Å². The molecule has 7 heteroatoms. The van der Waals surface area contributed by atoms with Crippen LogP contribution in [0.4, 0.5) is 4.39 Å². The van der Waals surface area contributed by atoms with Gasteiger partial charge in [0.1, 0.15) is 22.9 Å². The molecule has 0 spiro atoms. The fraction of sp³-hybridized carbons (Fsp3) is 0.0588. The summed E-state index contributed by atoms with van der Waals surface area (Å²) in [5.74, 6) is -0.528. The highest BCUT2D eigenvalue weighted by Crippen LogP contribution is 2.25. The van der Waals surface area contributed by atoms with Gasteiger partial charge in [-0.3, -0.25) is 0 Å². The van der Waals surface area contributed by atoms with Crippen molar-refractivity contribution in [2.75, 3.05) is 6.61 Å². The molecule has 122 valence electrons. The summed E-state index contributed by atoms with van der Waals surface area (Å²) in [6.07, 6.45) is 0. The fourth-order valence-corrected chi connectivity index (χ4v) is 2.46. The number of carbonyl (C=O) groups excluding carboxylic acids is 1. The molecule has 0 amide bonds. The van der Waals surface area contributed by atoms with Crippen LogP contribution in [0.1, 0.15) is 0 Å².